The van der Waals surface area contributed by atoms with Gasteiger partial charge in [0.25, 0.3) is 0 Å². The van der Waals surface area contributed by atoms with Crippen molar-refractivity contribution < 1.29 is 9.53 Å². The Morgan fingerprint density at radius 3 is 2.57 bits per heavy atom. The van der Waals surface area contributed by atoms with Crippen LogP contribution < -0.4 is 4.74 Å². The van der Waals surface area contributed by atoms with Crippen LogP contribution in [0.4, 0.5) is 0 Å². The summed E-state index contributed by atoms with van der Waals surface area (Å²) in [7, 11) is 1.61. The van der Waals surface area contributed by atoms with Gasteiger partial charge in [0.1, 0.15) is 5.75 Å². The van der Waals surface area contributed by atoms with Crippen LogP contribution in [0.5, 0.6) is 5.75 Å². The van der Waals surface area contributed by atoms with E-state index in [2.05, 4.69) is 0 Å². The molecule has 0 atom stereocenters. The van der Waals surface area contributed by atoms with Gasteiger partial charge >= 0.3 is 0 Å². The maximum atomic E-state index is 12.8. The highest BCUT2D eigenvalue weighted by Gasteiger charge is 2.19. The first-order chi connectivity index (χ1) is 10.1. The summed E-state index contributed by atoms with van der Waals surface area (Å²) in [4.78, 5) is 13.5. The molecular formula is C18H16O2S. The van der Waals surface area contributed by atoms with Crippen LogP contribution >= 0.6 is 11.3 Å². The molecule has 0 aliphatic carbocycles. The minimum Gasteiger partial charge on any atom is -0.496 e. The average Bonchev–Trinajstić information content (AvgIpc) is 2.93. The fourth-order valence-electron chi connectivity index (χ4n) is 2.46. The summed E-state index contributed by atoms with van der Waals surface area (Å²) in [6, 6.07) is 13.8. The second-order valence-corrected chi connectivity index (χ2v) is 6.15. The van der Waals surface area contributed by atoms with E-state index in [0.29, 0.717) is 11.3 Å². The van der Waals surface area contributed by atoms with Crippen molar-refractivity contribution in [3.63, 3.8) is 0 Å². The molecule has 0 saturated carbocycles. The number of carbonyl (C=O) groups excluding carboxylic acids is 1. The number of thiophene rings is 1. The van der Waals surface area contributed by atoms with Crippen LogP contribution in [0, 0.1) is 13.8 Å². The van der Waals surface area contributed by atoms with Crippen LogP contribution in [-0.4, -0.2) is 12.9 Å². The number of benzene rings is 2. The number of aryl methyl sites for hydroxylation is 1. The molecule has 0 aliphatic heterocycles. The summed E-state index contributed by atoms with van der Waals surface area (Å²) in [5, 5.41) is 1.11. The number of rotatable bonds is 3. The van der Waals surface area contributed by atoms with E-state index in [1.165, 1.54) is 11.3 Å². The molecule has 3 aromatic rings. The first-order valence-corrected chi connectivity index (χ1v) is 7.61. The highest BCUT2D eigenvalue weighted by Crippen LogP contribution is 2.32. The largest absolute Gasteiger partial charge is 0.496 e. The molecular weight excluding hydrogens is 280 g/mol. The Balaban J connectivity index is 2.12. The molecule has 0 fully saturated rings. The Morgan fingerprint density at radius 1 is 1.10 bits per heavy atom. The summed E-state index contributed by atoms with van der Waals surface area (Å²) >= 11 is 1.52. The van der Waals surface area contributed by atoms with Crippen LogP contribution in [0.15, 0.2) is 42.5 Å². The van der Waals surface area contributed by atoms with Gasteiger partial charge in [-0.3, -0.25) is 4.79 Å². The first kappa shape index (κ1) is 13.8. The minimum absolute atomic E-state index is 0.0242. The molecule has 0 aliphatic rings. The lowest BCUT2D eigenvalue weighted by Crippen LogP contribution is -2.04. The fraction of sp³-hybridized carbons (Fsp3) is 0.167. The van der Waals surface area contributed by atoms with E-state index in [1.807, 2.05) is 56.3 Å². The van der Waals surface area contributed by atoms with Crippen molar-refractivity contribution in [2.24, 2.45) is 0 Å². The van der Waals surface area contributed by atoms with Crippen LogP contribution in [-0.2, 0) is 0 Å². The molecule has 2 aromatic carbocycles. The summed E-state index contributed by atoms with van der Waals surface area (Å²) in [5.74, 6) is 0.702. The smallest absolute Gasteiger partial charge is 0.206 e. The number of ketones is 1. The van der Waals surface area contributed by atoms with Crippen molar-refractivity contribution in [3.8, 4) is 5.75 Å². The normalized spacial score (nSPS) is 10.8. The molecule has 1 aromatic heterocycles. The standard InChI is InChI=1S/C18H16O2S/c1-11-8-9-14(18(20-3)12(11)2)17(19)16-10-13-6-4-5-7-15(13)21-16/h4-10H,1-3H3. The molecule has 106 valence electrons. The van der Waals surface area contributed by atoms with Crippen LogP contribution in [0.1, 0.15) is 26.4 Å². The molecule has 0 radical (unpaired) electrons. The average molecular weight is 296 g/mol. The third-order valence-electron chi connectivity index (χ3n) is 3.77. The topological polar surface area (TPSA) is 26.3 Å². The van der Waals surface area contributed by atoms with E-state index in [9.17, 15) is 4.79 Å². The third kappa shape index (κ3) is 2.34. The molecule has 2 nitrogen and oxygen atoms in total. The molecule has 21 heavy (non-hydrogen) atoms. The highest BCUT2D eigenvalue weighted by atomic mass is 32.1. The molecule has 0 saturated heterocycles. The van der Waals surface area contributed by atoms with E-state index in [4.69, 9.17) is 4.74 Å². The zero-order chi connectivity index (χ0) is 15.0. The Bertz CT molecular complexity index is 797. The minimum atomic E-state index is 0.0242. The lowest BCUT2D eigenvalue weighted by Gasteiger charge is -2.12. The molecule has 0 spiro atoms. The molecule has 0 N–H and O–H groups in total. The molecule has 0 bridgehead atoms. The van der Waals surface area contributed by atoms with Gasteiger partial charge in [0, 0.05) is 4.70 Å². The molecule has 3 heteroatoms. The van der Waals surface area contributed by atoms with E-state index in [-0.39, 0.29) is 5.78 Å². The molecule has 0 unspecified atom stereocenters. The second kappa shape index (κ2) is 5.34. The van der Waals surface area contributed by atoms with Gasteiger partial charge in [-0.15, -0.1) is 11.3 Å². The van der Waals surface area contributed by atoms with Crippen molar-refractivity contribution in [2.75, 3.05) is 7.11 Å². The number of hydrogen-bond acceptors (Lipinski definition) is 3. The predicted molar refractivity (Wildman–Crippen MR) is 87.7 cm³/mol. The first-order valence-electron chi connectivity index (χ1n) is 6.79. The third-order valence-corrected chi connectivity index (χ3v) is 4.89. The summed E-state index contributed by atoms with van der Waals surface area (Å²) in [6.45, 7) is 4.00. The Kier molecular flexibility index (Phi) is 3.52. The zero-order valence-electron chi connectivity index (χ0n) is 12.3. The number of ether oxygens (including phenoxy) is 1. The van der Waals surface area contributed by atoms with Crippen molar-refractivity contribution in [2.45, 2.75) is 13.8 Å². The number of hydrogen-bond donors (Lipinski definition) is 0. The van der Waals surface area contributed by atoms with Crippen molar-refractivity contribution in [1.82, 2.24) is 0 Å². The number of fused-ring (bicyclic) bond motifs is 1. The maximum absolute atomic E-state index is 12.8. The number of methoxy groups -OCH3 is 1. The summed E-state index contributed by atoms with van der Waals surface area (Å²) in [6.07, 6.45) is 0. The number of carbonyl (C=O) groups is 1. The predicted octanol–water partition coefficient (Wildman–Crippen LogP) is 4.76. The van der Waals surface area contributed by atoms with Gasteiger partial charge in [0.05, 0.1) is 17.6 Å². The summed E-state index contributed by atoms with van der Waals surface area (Å²) < 4.78 is 6.59. The van der Waals surface area contributed by atoms with Crippen molar-refractivity contribution in [1.29, 1.82) is 0 Å². The zero-order valence-corrected chi connectivity index (χ0v) is 13.1. The van der Waals surface area contributed by atoms with E-state index in [0.717, 1.165) is 26.1 Å². The lowest BCUT2D eigenvalue weighted by atomic mass is 10.0. The van der Waals surface area contributed by atoms with Gasteiger partial charge in [0.15, 0.2) is 0 Å². The quantitative estimate of drug-likeness (QED) is 0.651. The van der Waals surface area contributed by atoms with Gasteiger partial charge in [-0.1, -0.05) is 24.3 Å². The van der Waals surface area contributed by atoms with E-state index in [1.54, 1.807) is 7.11 Å². The molecule has 0 amide bonds. The van der Waals surface area contributed by atoms with Gasteiger partial charge in [-0.05, 0) is 48.6 Å². The maximum Gasteiger partial charge on any atom is 0.206 e. The lowest BCUT2D eigenvalue weighted by molar-refractivity contribution is 0.103. The fourth-order valence-corrected chi connectivity index (χ4v) is 3.48. The molecule has 1 heterocycles. The summed E-state index contributed by atoms with van der Waals surface area (Å²) in [5.41, 5.74) is 2.77. The van der Waals surface area contributed by atoms with Crippen LogP contribution in [0.25, 0.3) is 10.1 Å². The van der Waals surface area contributed by atoms with Crippen molar-refractivity contribution >= 4 is 27.2 Å². The molecule has 3 rings (SSSR count). The Labute approximate surface area is 128 Å². The SMILES string of the molecule is COc1c(C(=O)c2cc3ccccc3s2)ccc(C)c1C. The van der Waals surface area contributed by atoms with E-state index >= 15 is 0 Å². The van der Waals surface area contributed by atoms with Gasteiger partial charge in [-0.2, -0.15) is 0 Å². The Morgan fingerprint density at radius 2 is 1.86 bits per heavy atom. The van der Waals surface area contributed by atoms with Gasteiger partial charge < -0.3 is 4.74 Å². The second-order valence-electron chi connectivity index (χ2n) is 5.07. The van der Waals surface area contributed by atoms with Gasteiger partial charge in [0.2, 0.25) is 5.78 Å². The van der Waals surface area contributed by atoms with E-state index < -0.39 is 0 Å². The monoisotopic (exact) mass is 296 g/mol. The highest BCUT2D eigenvalue weighted by molar-refractivity contribution is 7.21. The van der Waals surface area contributed by atoms with Crippen molar-refractivity contribution in [3.05, 3.63) is 64.0 Å². The van der Waals surface area contributed by atoms with Gasteiger partial charge in [-0.25, -0.2) is 0 Å². The van der Waals surface area contributed by atoms with Crippen LogP contribution in [0.2, 0.25) is 0 Å². The Hall–Kier alpha value is -2.13. The van der Waals surface area contributed by atoms with Crippen LogP contribution in [0.3, 0.4) is 0 Å².